The van der Waals surface area contributed by atoms with Crippen LogP contribution in [0.15, 0.2) is 17.5 Å². The van der Waals surface area contributed by atoms with Crippen LogP contribution in [0.25, 0.3) is 10.8 Å². The number of hydrogen-bond donors (Lipinski definition) is 0. The second-order valence-electron chi connectivity index (χ2n) is 2.16. The van der Waals surface area contributed by atoms with Crippen molar-refractivity contribution in [1.29, 1.82) is 0 Å². The SMILES string of the molecule is Fc1c(Cl)ccc2[c]scc12. The Morgan fingerprint density at radius 3 is 3.09 bits per heavy atom. The molecule has 0 bridgehead atoms. The number of thiophene rings is 1. The molecule has 0 unspecified atom stereocenters. The summed E-state index contributed by atoms with van der Waals surface area (Å²) in [5, 5.41) is 6.15. The van der Waals surface area contributed by atoms with Gasteiger partial charge in [-0.1, -0.05) is 17.7 Å². The third-order valence-corrected chi connectivity index (χ3v) is 2.46. The second-order valence-corrected chi connectivity index (χ2v) is 3.24. The maximum absolute atomic E-state index is 13.1. The van der Waals surface area contributed by atoms with Gasteiger partial charge in [-0.05, 0) is 6.07 Å². The van der Waals surface area contributed by atoms with Gasteiger partial charge in [-0.2, -0.15) is 0 Å². The fourth-order valence-corrected chi connectivity index (χ4v) is 1.80. The van der Waals surface area contributed by atoms with Gasteiger partial charge in [-0.3, -0.25) is 0 Å². The molecule has 0 spiro atoms. The van der Waals surface area contributed by atoms with Crippen molar-refractivity contribution in [3.05, 3.63) is 33.7 Å². The lowest BCUT2D eigenvalue weighted by atomic mass is 10.2. The maximum Gasteiger partial charge on any atom is 0.150 e. The van der Waals surface area contributed by atoms with Crippen LogP contribution in [-0.4, -0.2) is 0 Å². The first kappa shape index (κ1) is 7.07. The van der Waals surface area contributed by atoms with Crippen molar-refractivity contribution in [3.8, 4) is 0 Å². The number of benzene rings is 1. The maximum atomic E-state index is 13.1. The predicted molar refractivity (Wildman–Crippen MR) is 45.6 cm³/mol. The van der Waals surface area contributed by atoms with E-state index in [1.807, 2.05) is 0 Å². The summed E-state index contributed by atoms with van der Waals surface area (Å²) in [6.45, 7) is 0. The molecule has 0 aliphatic heterocycles. The van der Waals surface area contributed by atoms with Crippen LogP contribution in [0, 0.1) is 11.2 Å². The summed E-state index contributed by atoms with van der Waals surface area (Å²) >= 11 is 6.91. The van der Waals surface area contributed by atoms with Crippen molar-refractivity contribution < 1.29 is 4.39 Å². The van der Waals surface area contributed by atoms with Gasteiger partial charge in [-0.15, -0.1) is 11.3 Å². The van der Waals surface area contributed by atoms with Gasteiger partial charge in [-0.25, -0.2) is 4.39 Å². The average molecular weight is 186 g/mol. The molecule has 0 atom stereocenters. The molecule has 0 N–H and O–H groups in total. The standard InChI is InChI=1S/C8H3ClFS/c9-7-2-1-5-3-11-4-6(5)8(7)10/h1-2,4H. The number of halogens is 2. The Kier molecular flexibility index (Phi) is 1.59. The van der Waals surface area contributed by atoms with E-state index in [9.17, 15) is 4.39 Å². The molecule has 2 aromatic rings. The first-order valence-corrected chi connectivity index (χ1v) is 4.27. The van der Waals surface area contributed by atoms with Crippen LogP contribution < -0.4 is 0 Å². The fourth-order valence-electron chi connectivity index (χ4n) is 0.922. The summed E-state index contributed by atoms with van der Waals surface area (Å²) in [5.41, 5.74) is 0. The van der Waals surface area contributed by atoms with Gasteiger partial charge in [0.1, 0.15) is 5.82 Å². The van der Waals surface area contributed by atoms with Crippen LogP contribution in [0.5, 0.6) is 0 Å². The summed E-state index contributed by atoms with van der Waals surface area (Å²) in [4.78, 5) is 0. The second kappa shape index (κ2) is 2.47. The summed E-state index contributed by atoms with van der Waals surface area (Å²) in [5.74, 6) is -0.346. The summed E-state index contributed by atoms with van der Waals surface area (Å²) < 4.78 is 13.1. The third-order valence-electron chi connectivity index (χ3n) is 1.48. The zero-order chi connectivity index (χ0) is 7.84. The molecule has 55 valence electrons. The number of fused-ring (bicyclic) bond motifs is 1. The lowest BCUT2D eigenvalue weighted by Gasteiger charge is -1.93. The monoisotopic (exact) mass is 185 g/mol. The zero-order valence-electron chi connectivity index (χ0n) is 5.40. The average Bonchev–Trinajstić information content (AvgIpc) is 2.45. The van der Waals surface area contributed by atoms with Gasteiger partial charge in [0.15, 0.2) is 0 Å². The van der Waals surface area contributed by atoms with Gasteiger partial charge in [0.05, 0.1) is 10.4 Å². The molecule has 1 heterocycles. The molecular formula is C8H3ClFS. The Balaban J connectivity index is 2.93. The Morgan fingerprint density at radius 2 is 2.27 bits per heavy atom. The summed E-state index contributed by atoms with van der Waals surface area (Å²) in [7, 11) is 0. The lowest BCUT2D eigenvalue weighted by Crippen LogP contribution is -1.75. The molecule has 0 saturated carbocycles. The van der Waals surface area contributed by atoms with E-state index in [2.05, 4.69) is 5.38 Å². The highest BCUT2D eigenvalue weighted by Gasteiger charge is 2.04. The van der Waals surface area contributed by atoms with E-state index in [-0.39, 0.29) is 10.8 Å². The minimum absolute atomic E-state index is 0.171. The van der Waals surface area contributed by atoms with E-state index in [0.29, 0.717) is 5.39 Å². The highest BCUT2D eigenvalue weighted by atomic mass is 35.5. The van der Waals surface area contributed by atoms with Crippen molar-refractivity contribution in [2.75, 3.05) is 0 Å². The van der Waals surface area contributed by atoms with Gasteiger partial charge in [0.2, 0.25) is 0 Å². The molecule has 1 radical (unpaired) electrons. The zero-order valence-corrected chi connectivity index (χ0v) is 6.97. The van der Waals surface area contributed by atoms with Crippen LogP contribution in [0.1, 0.15) is 0 Å². The van der Waals surface area contributed by atoms with Crippen LogP contribution >= 0.6 is 22.9 Å². The third kappa shape index (κ3) is 1.03. The first-order valence-electron chi connectivity index (χ1n) is 3.02. The van der Waals surface area contributed by atoms with Gasteiger partial charge in [0.25, 0.3) is 0 Å². The van der Waals surface area contributed by atoms with Crippen LogP contribution in [0.3, 0.4) is 0 Å². The Morgan fingerprint density at radius 1 is 1.45 bits per heavy atom. The van der Waals surface area contributed by atoms with Crippen molar-refractivity contribution in [1.82, 2.24) is 0 Å². The van der Waals surface area contributed by atoms with Crippen LogP contribution in [0.4, 0.5) is 4.39 Å². The van der Waals surface area contributed by atoms with E-state index in [1.54, 1.807) is 17.5 Å². The number of rotatable bonds is 0. The topological polar surface area (TPSA) is 0 Å². The van der Waals surface area contributed by atoms with Gasteiger partial charge < -0.3 is 0 Å². The number of hydrogen-bond acceptors (Lipinski definition) is 1. The predicted octanol–water partition coefficient (Wildman–Crippen LogP) is 3.49. The van der Waals surface area contributed by atoms with E-state index in [1.165, 1.54) is 11.3 Å². The molecule has 11 heavy (non-hydrogen) atoms. The van der Waals surface area contributed by atoms with Crippen molar-refractivity contribution in [2.24, 2.45) is 0 Å². The van der Waals surface area contributed by atoms with Gasteiger partial charge in [0, 0.05) is 16.2 Å². The summed E-state index contributed by atoms with van der Waals surface area (Å²) in [6, 6.07) is 3.31. The normalized spacial score (nSPS) is 10.7. The quantitative estimate of drug-likeness (QED) is 0.590. The molecule has 3 heteroatoms. The molecule has 0 amide bonds. The van der Waals surface area contributed by atoms with E-state index < -0.39 is 0 Å². The molecule has 2 rings (SSSR count). The molecule has 0 saturated heterocycles. The van der Waals surface area contributed by atoms with E-state index in [4.69, 9.17) is 11.6 Å². The van der Waals surface area contributed by atoms with Crippen molar-refractivity contribution in [2.45, 2.75) is 0 Å². The molecule has 1 aromatic carbocycles. The molecule has 0 aliphatic rings. The summed E-state index contributed by atoms with van der Waals surface area (Å²) in [6.07, 6.45) is 0. The van der Waals surface area contributed by atoms with Crippen molar-refractivity contribution in [3.63, 3.8) is 0 Å². The minimum Gasteiger partial charge on any atom is -0.205 e. The van der Waals surface area contributed by atoms with Gasteiger partial charge >= 0.3 is 0 Å². The van der Waals surface area contributed by atoms with E-state index in [0.717, 1.165) is 5.39 Å². The Hall–Kier alpha value is -0.600. The Bertz CT molecular complexity index is 394. The molecule has 0 nitrogen and oxygen atoms in total. The molecule has 1 aromatic heterocycles. The fraction of sp³-hybridized carbons (Fsp3) is 0. The molecule has 0 fully saturated rings. The molecular weight excluding hydrogens is 183 g/mol. The van der Waals surface area contributed by atoms with E-state index >= 15 is 0 Å². The Labute approximate surface area is 72.2 Å². The van der Waals surface area contributed by atoms with Crippen LogP contribution in [-0.2, 0) is 0 Å². The smallest absolute Gasteiger partial charge is 0.150 e. The molecule has 0 aliphatic carbocycles. The highest BCUT2D eigenvalue weighted by Crippen LogP contribution is 2.26. The highest BCUT2D eigenvalue weighted by molar-refractivity contribution is 7.08. The minimum atomic E-state index is -0.346. The van der Waals surface area contributed by atoms with Crippen LogP contribution in [0.2, 0.25) is 5.02 Å². The first-order chi connectivity index (χ1) is 5.29. The largest absolute Gasteiger partial charge is 0.205 e. The van der Waals surface area contributed by atoms with Crippen molar-refractivity contribution >= 4 is 33.7 Å². The lowest BCUT2D eigenvalue weighted by molar-refractivity contribution is 0.640.